The summed E-state index contributed by atoms with van der Waals surface area (Å²) < 4.78 is 43.3. The van der Waals surface area contributed by atoms with Crippen LogP contribution in [0.1, 0.15) is 19.4 Å². The molecule has 1 aliphatic heterocycles. The predicted molar refractivity (Wildman–Crippen MR) is 84.9 cm³/mol. The van der Waals surface area contributed by atoms with E-state index in [0.29, 0.717) is 29.3 Å². The average molecular weight is 356 g/mol. The van der Waals surface area contributed by atoms with Crippen LogP contribution in [0.5, 0.6) is 0 Å². The SMILES string of the molecule is CC1(C)COC(C=O)N1c1nc(-c2ccc(C(F)(F)F)cc2)cs1. The number of halogens is 3. The molecule has 2 aromatic rings. The van der Waals surface area contributed by atoms with E-state index in [9.17, 15) is 18.0 Å². The zero-order valence-corrected chi connectivity index (χ0v) is 13.8. The molecule has 3 rings (SSSR count). The molecule has 24 heavy (non-hydrogen) atoms. The molecule has 1 atom stereocenters. The number of carbonyl (C=O) groups is 1. The number of aromatic nitrogens is 1. The minimum Gasteiger partial charge on any atom is -0.349 e. The van der Waals surface area contributed by atoms with E-state index in [2.05, 4.69) is 4.98 Å². The normalized spacial score (nSPS) is 20.4. The lowest BCUT2D eigenvalue weighted by Gasteiger charge is -2.30. The molecule has 1 unspecified atom stereocenters. The highest BCUT2D eigenvalue weighted by molar-refractivity contribution is 7.14. The van der Waals surface area contributed by atoms with Gasteiger partial charge in [-0.1, -0.05) is 12.1 Å². The molecule has 0 radical (unpaired) electrons. The van der Waals surface area contributed by atoms with E-state index in [4.69, 9.17) is 4.74 Å². The van der Waals surface area contributed by atoms with Gasteiger partial charge in [0.25, 0.3) is 0 Å². The van der Waals surface area contributed by atoms with Gasteiger partial charge >= 0.3 is 6.18 Å². The minimum absolute atomic E-state index is 0.388. The molecule has 1 saturated heterocycles. The maximum absolute atomic E-state index is 12.6. The second-order valence-corrected chi connectivity index (χ2v) is 6.95. The van der Waals surface area contributed by atoms with Gasteiger partial charge in [-0.3, -0.25) is 4.79 Å². The number of hydrogen-bond donors (Lipinski definition) is 0. The van der Waals surface area contributed by atoms with Crippen molar-refractivity contribution in [3.8, 4) is 11.3 Å². The van der Waals surface area contributed by atoms with Crippen molar-refractivity contribution in [1.29, 1.82) is 0 Å². The Morgan fingerprint density at radius 1 is 1.33 bits per heavy atom. The second-order valence-electron chi connectivity index (χ2n) is 6.11. The van der Waals surface area contributed by atoms with E-state index in [-0.39, 0.29) is 5.54 Å². The number of alkyl halides is 3. The Bertz CT molecular complexity index is 741. The second kappa shape index (κ2) is 5.86. The summed E-state index contributed by atoms with van der Waals surface area (Å²) in [4.78, 5) is 17.5. The monoisotopic (exact) mass is 356 g/mol. The van der Waals surface area contributed by atoms with Gasteiger partial charge in [0.15, 0.2) is 17.6 Å². The number of hydrogen-bond acceptors (Lipinski definition) is 5. The molecule has 0 amide bonds. The fraction of sp³-hybridized carbons (Fsp3) is 0.375. The summed E-state index contributed by atoms with van der Waals surface area (Å²) in [5.41, 5.74) is 0.0693. The molecule has 0 N–H and O–H groups in total. The summed E-state index contributed by atoms with van der Waals surface area (Å²) >= 11 is 1.33. The third kappa shape index (κ3) is 3.03. The maximum atomic E-state index is 12.6. The summed E-state index contributed by atoms with van der Waals surface area (Å²) in [6, 6.07) is 4.85. The van der Waals surface area contributed by atoms with Gasteiger partial charge in [-0.25, -0.2) is 4.98 Å². The third-order valence-electron chi connectivity index (χ3n) is 3.84. The van der Waals surface area contributed by atoms with E-state index in [1.165, 1.54) is 23.5 Å². The smallest absolute Gasteiger partial charge is 0.349 e. The molecule has 0 saturated carbocycles. The summed E-state index contributed by atoms with van der Waals surface area (Å²) in [7, 11) is 0. The molecule has 2 heterocycles. The van der Waals surface area contributed by atoms with Gasteiger partial charge < -0.3 is 9.64 Å². The van der Waals surface area contributed by atoms with Crippen LogP contribution in [0.3, 0.4) is 0 Å². The van der Waals surface area contributed by atoms with Gasteiger partial charge in [0, 0.05) is 10.9 Å². The Labute approximate surface area is 140 Å². The van der Waals surface area contributed by atoms with E-state index in [0.717, 1.165) is 12.1 Å². The molecule has 0 bridgehead atoms. The minimum atomic E-state index is -4.36. The van der Waals surface area contributed by atoms with Crippen LogP contribution in [0.15, 0.2) is 29.6 Å². The van der Waals surface area contributed by atoms with Crippen LogP contribution in [0.4, 0.5) is 18.3 Å². The highest BCUT2D eigenvalue weighted by Gasteiger charge is 2.42. The molecule has 1 aromatic carbocycles. The molecule has 1 aromatic heterocycles. The van der Waals surface area contributed by atoms with Crippen molar-refractivity contribution in [2.45, 2.75) is 31.8 Å². The fourth-order valence-electron chi connectivity index (χ4n) is 2.58. The molecule has 1 aliphatic rings. The van der Waals surface area contributed by atoms with E-state index < -0.39 is 18.0 Å². The lowest BCUT2D eigenvalue weighted by atomic mass is 10.1. The highest BCUT2D eigenvalue weighted by Crippen LogP contribution is 2.37. The molecular weight excluding hydrogens is 341 g/mol. The van der Waals surface area contributed by atoms with Gasteiger partial charge in [-0.2, -0.15) is 13.2 Å². The third-order valence-corrected chi connectivity index (χ3v) is 4.68. The van der Waals surface area contributed by atoms with Gasteiger partial charge in [0.05, 0.1) is 23.4 Å². The average Bonchev–Trinajstić information content (AvgIpc) is 3.10. The zero-order chi connectivity index (χ0) is 17.5. The van der Waals surface area contributed by atoms with E-state index >= 15 is 0 Å². The van der Waals surface area contributed by atoms with Gasteiger partial charge in [0.1, 0.15) is 0 Å². The first-order chi connectivity index (χ1) is 11.2. The largest absolute Gasteiger partial charge is 0.416 e. The molecule has 4 nitrogen and oxygen atoms in total. The first kappa shape index (κ1) is 16.9. The summed E-state index contributed by atoms with van der Waals surface area (Å²) in [6.07, 6.45) is -4.35. The molecular formula is C16H15F3N2O2S. The van der Waals surface area contributed by atoms with Crippen LogP contribution in [0.2, 0.25) is 0 Å². The summed E-state index contributed by atoms with van der Waals surface area (Å²) in [6.45, 7) is 4.27. The van der Waals surface area contributed by atoms with Gasteiger partial charge in [-0.15, -0.1) is 11.3 Å². The number of ether oxygens (including phenoxy) is 1. The Kier molecular flexibility index (Phi) is 4.13. The van der Waals surface area contributed by atoms with Crippen molar-refractivity contribution >= 4 is 22.8 Å². The lowest BCUT2D eigenvalue weighted by molar-refractivity contribution is -0.137. The van der Waals surface area contributed by atoms with Crippen LogP contribution in [0.25, 0.3) is 11.3 Å². The van der Waals surface area contributed by atoms with Crippen molar-refractivity contribution in [1.82, 2.24) is 4.98 Å². The maximum Gasteiger partial charge on any atom is 0.416 e. The van der Waals surface area contributed by atoms with Crippen LogP contribution in [-0.2, 0) is 15.7 Å². The van der Waals surface area contributed by atoms with Crippen molar-refractivity contribution in [3.63, 3.8) is 0 Å². The Balaban J connectivity index is 1.89. The number of anilines is 1. The molecule has 128 valence electrons. The van der Waals surface area contributed by atoms with Crippen molar-refractivity contribution < 1.29 is 22.7 Å². The zero-order valence-electron chi connectivity index (χ0n) is 13.0. The number of thiazole rings is 1. The van der Waals surface area contributed by atoms with Crippen molar-refractivity contribution in [3.05, 3.63) is 35.2 Å². The van der Waals surface area contributed by atoms with Crippen LogP contribution in [-0.4, -0.2) is 29.6 Å². The van der Waals surface area contributed by atoms with Crippen LogP contribution in [0, 0.1) is 0 Å². The lowest BCUT2D eigenvalue weighted by Crippen LogP contribution is -2.45. The van der Waals surface area contributed by atoms with E-state index in [1.54, 1.807) is 10.3 Å². The molecule has 0 aliphatic carbocycles. The standard InChI is InChI=1S/C16H15F3N2O2S/c1-15(2)9-23-13(7-22)21(15)14-20-12(8-24-14)10-3-5-11(6-4-10)16(17,18)19/h3-8,13H,9H2,1-2H3. The fourth-order valence-corrected chi connectivity index (χ4v) is 3.60. The summed E-state index contributed by atoms with van der Waals surface area (Å²) in [5.74, 6) is 0. The van der Waals surface area contributed by atoms with Crippen LogP contribution < -0.4 is 4.90 Å². The molecule has 8 heteroatoms. The number of aldehydes is 1. The highest BCUT2D eigenvalue weighted by atomic mass is 32.1. The molecule has 1 fully saturated rings. The topological polar surface area (TPSA) is 42.4 Å². The van der Waals surface area contributed by atoms with Crippen LogP contribution >= 0.6 is 11.3 Å². The Hall–Kier alpha value is -1.93. The molecule has 0 spiro atoms. The Morgan fingerprint density at radius 2 is 2.00 bits per heavy atom. The quantitative estimate of drug-likeness (QED) is 0.781. The first-order valence-electron chi connectivity index (χ1n) is 7.22. The number of benzene rings is 1. The number of nitrogens with zero attached hydrogens (tertiary/aromatic N) is 2. The van der Waals surface area contributed by atoms with Gasteiger partial charge in [-0.05, 0) is 26.0 Å². The number of carbonyl (C=O) groups excluding carboxylic acids is 1. The Morgan fingerprint density at radius 3 is 2.58 bits per heavy atom. The summed E-state index contributed by atoms with van der Waals surface area (Å²) in [5, 5.41) is 2.36. The van der Waals surface area contributed by atoms with Crippen molar-refractivity contribution in [2.75, 3.05) is 11.5 Å². The van der Waals surface area contributed by atoms with E-state index in [1.807, 2.05) is 13.8 Å². The van der Waals surface area contributed by atoms with Crippen molar-refractivity contribution in [2.24, 2.45) is 0 Å². The van der Waals surface area contributed by atoms with Gasteiger partial charge in [0.2, 0.25) is 0 Å². The first-order valence-corrected chi connectivity index (χ1v) is 8.10. The number of rotatable bonds is 3. The predicted octanol–water partition coefficient (Wildman–Crippen LogP) is 3.97.